The van der Waals surface area contributed by atoms with Crippen LogP contribution >= 0.6 is 23.2 Å². The lowest BCUT2D eigenvalue weighted by Gasteiger charge is -2.42. The number of nitrogens with zero attached hydrogens (tertiary/aromatic N) is 3. The monoisotopic (exact) mass is 353 g/mol. The number of hydrogen-bond donors (Lipinski definition) is 1. The molecule has 124 valence electrons. The van der Waals surface area contributed by atoms with Gasteiger partial charge in [0.1, 0.15) is 12.7 Å². The summed E-state index contributed by atoms with van der Waals surface area (Å²) in [4.78, 5) is 3.96. The molecule has 3 rings (SSSR count). The first-order valence-electron chi connectivity index (χ1n) is 7.82. The third kappa shape index (κ3) is 3.12. The van der Waals surface area contributed by atoms with E-state index in [9.17, 15) is 5.11 Å². The van der Waals surface area contributed by atoms with Crippen molar-refractivity contribution in [3.63, 3.8) is 0 Å². The summed E-state index contributed by atoms with van der Waals surface area (Å²) >= 11 is 12.3. The van der Waals surface area contributed by atoms with Crippen molar-refractivity contribution in [2.75, 3.05) is 5.88 Å². The van der Waals surface area contributed by atoms with E-state index in [0.29, 0.717) is 24.8 Å². The molecule has 1 saturated carbocycles. The lowest BCUT2D eigenvalue weighted by molar-refractivity contribution is -0.0711. The average molecular weight is 354 g/mol. The molecule has 0 spiro atoms. The molecule has 0 saturated heterocycles. The van der Waals surface area contributed by atoms with E-state index in [4.69, 9.17) is 23.2 Å². The van der Waals surface area contributed by atoms with Crippen LogP contribution in [0.15, 0.2) is 36.9 Å². The van der Waals surface area contributed by atoms with Crippen molar-refractivity contribution in [3.8, 4) is 0 Å². The van der Waals surface area contributed by atoms with E-state index in [1.807, 2.05) is 24.3 Å². The number of aromatic nitrogens is 3. The van der Waals surface area contributed by atoms with Gasteiger partial charge in [0.25, 0.3) is 0 Å². The van der Waals surface area contributed by atoms with E-state index in [1.165, 1.54) is 11.9 Å². The summed E-state index contributed by atoms with van der Waals surface area (Å²) in [5, 5.41) is 16.2. The molecule has 1 aromatic carbocycles. The van der Waals surface area contributed by atoms with Gasteiger partial charge in [-0.2, -0.15) is 5.10 Å². The molecule has 1 aliphatic rings. The molecule has 4 nitrogen and oxygen atoms in total. The highest BCUT2D eigenvalue weighted by atomic mass is 35.5. The second-order valence-electron chi connectivity index (χ2n) is 6.74. The molecule has 1 aliphatic carbocycles. The van der Waals surface area contributed by atoms with Crippen LogP contribution in [0.25, 0.3) is 0 Å². The van der Waals surface area contributed by atoms with Crippen molar-refractivity contribution < 1.29 is 5.11 Å². The van der Waals surface area contributed by atoms with E-state index < -0.39 is 5.60 Å². The molecule has 6 heteroatoms. The Morgan fingerprint density at radius 2 is 2.09 bits per heavy atom. The van der Waals surface area contributed by atoms with Crippen molar-refractivity contribution in [2.45, 2.75) is 38.3 Å². The summed E-state index contributed by atoms with van der Waals surface area (Å²) in [5.41, 5.74) is -0.0274. The summed E-state index contributed by atoms with van der Waals surface area (Å²) in [6, 6.07) is 7.91. The molecule has 1 N–H and O–H groups in total. The predicted octanol–water partition coefficient (Wildman–Crippen LogP) is 3.56. The standard InChI is InChI=1S/C17H21Cl2N3O/c1-16(9-18)14(8-13-2-4-15(19)5-3-13)6-7-17(16,23)10-22-12-20-11-21-22/h2-5,11-12,14,23H,6-10H2,1H3/t14?,16-,17+/m1/s1. The topological polar surface area (TPSA) is 50.9 Å². The molecule has 0 bridgehead atoms. The van der Waals surface area contributed by atoms with Gasteiger partial charge in [-0.1, -0.05) is 30.7 Å². The summed E-state index contributed by atoms with van der Waals surface area (Å²) in [6.45, 7) is 2.51. The third-order valence-corrected chi connectivity index (χ3v) is 6.24. The summed E-state index contributed by atoms with van der Waals surface area (Å²) in [5.74, 6) is 0.728. The normalized spacial score (nSPS) is 30.7. The van der Waals surface area contributed by atoms with Crippen LogP contribution in [0, 0.1) is 11.3 Å². The number of aliphatic hydroxyl groups is 1. The Kier molecular flexibility index (Phi) is 4.68. The minimum atomic E-state index is -0.875. The maximum Gasteiger partial charge on any atom is 0.137 e. The molecule has 2 aromatic rings. The van der Waals surface area contributed by atoms with Crippen LogP contribution in [0.5, 0.6) is 0 Å². The van der Waals surface area contributed by atoms with Crippen LogP contribution in [0.3, 0.4) is 0 Å². The van der Waals surface area contributed by atoms with Crippen molar-refractivity contribution in [2.24, 2.45) is 11.3 Å². The second kappa shape index (κ2) is 6.42. The largest absolute Gasteiger partial charge is 0.387 e. The van der Waals surface area contributed by atoms with E-state index in [-0.39, 0.29) is 5.41 Å². The van der Waals surface area contributed by atoms with Gasteiger partial charge in [0, 0.05) is 16.3 Å². The first-order valence-corrected chi connectivity index (χ1v) is 8.73. The third-order valence-electron chi connectivity index (χ3n) is 5.43. The Hall–Kier alpha value is -1.10. The van der Waals surface area contributed by atoms with Crippen molar-refractivity contribution in [1.82, 2.24) is 14.8 Å². The molecule has 1 heterocycles. The molecular weight excluding hydrogens is 333 g/mol. The molecule has 1 aromatic heterocycles. The fourth-order valence-electron chi connectivity index (χ4n) is 3.70. The smallest absolute Gasteiger partial charge is 0.137 e. The van der Waals surface area contributed by atoms with E-state index in [0.717, 1.165) is 17.9 Å². The van der Waals surface area contributed by atoms with Gasteiger partial charge >= 0.3 is 0 Å². The molecule has 3 atom stereocenters. The molecule has 23 heavy (non-hydrogen) atoms. The van der Waals surface area contributed by atoms with Crippen molar-refractivity contribution in [3.05, 3.63) is 47.5 Å². The number of halogens is 2. The number of benzene rings is 1. The van der Waals surface area contributed by atoms with Crippen LogP contribution in [0.1, 0.15) is 25.3 Å². The van der Waals surface area contributed by atoms with Crippen LogP contribution in [-0.4, -0.2) is 31.4 Å². The summed E-state index contributed by atoms with van der Waals surface area (Å²) < 4.78 is 1.69. The fourth-order valence-corrected chi connectivity index (χ4v) is 4.30. The highest BCUT2D eigenvalue weighted by Crippen LogP contribution is 2.53. The maximum absolute atomic E-state index is 11.3. The Balaban J connectivity index is 1.81. The Morgan fingerprint density at radius 1 is 1.35 bits per heavy atom. The van der Waals surface area contributed by atoms with Gasteiger partial charge in [-0.15, -0.1) is 11.6 Å². The predicted molar refractivity (Wildman–Crippen MR) is 91.7 cm³/mol. The molecule has 0 aliphatic heterocycles. The first-order chi connectivity index (χ1) is 11.0. The second-order valence-corrected chi connectivity index (χ2v) is 7.45. The Morgan fingerprint density at radius 3 is 2.70 bits per heavy atom. The molecule has 1 unspecified atom stereocenters. The maximum atomic E-state index is 11.3. The zero-order valence-corrected chi connectivity index (χ0v) is 14.6. The Bertz CT molecular complexity index is 646. The Labute approximate surface area is 146 Å². The minimum absolute atomic E-state index is 0.315. The summed E-state index contributed by atoms with van der Waals surface area (Å²) in [6.07, 6.45) is 5.67. The molecule has 0 amide bonds. The number of alkyl halides is 1. The van der Waals surface area contributed by atoms with Gasteiger partial charge in [-0.3, -0.25) is 4.68 Å². The zero-order valence-electron chi connectivity index (χ0n) is 13.1. The SMILES string of the molecule is C[C@@]1(CCl)C(Cc2ccc(Cl)cc2)CC[C@]1(O)Cn1cncn1. The van der Waals surface area contributed by atoms with E-state index >= 15 is 0 Å². The van der Waals surface area contributed by atoms with Crippen LogP contribution in [0.2, 0.25) is 5.02 Å². The van der Waals surface area contributed by atoms with Crippen molar-refractivity contribution >= 4 is 23.2 Å². The molecule has 1 fully saturated rings. The zero-order chi connectivity index (χ0) is 16.5. The van der Waals surface area contributed by atoms with Crippen LogP contribution < -0.4 is 0 Å². The van der Waals surface area contributed by atoms with Gasteiger partial charge in [0.2, 0.25) is 0 Å². The van der Waals surface area contributed by atoms with Crippen molar-refractivity contribution in [1.29, 1.82) is 0 Å². The van der Waals surface area contributed by atoms with Gasteiger partial charge < -0.3 is 5.11 Å². The van der Waals surface area contributed by atoms with Crippen LogP contribution in [-0.2, 0) is 13.0 Å². The number of hydrogen-bond acceptors (Lipinski definition) is 3. The summed E-state index contributed by atoms with van der Waals surface area (Å²) in [7, 11) is 0. The fraction of sp³-hybridized carbons (Fsp3) is 0.529. The van der Waals surface area contributed by atoms with Gasteiger partial charge in [0.05, 0.1) is 12.1 Å². The minimum Gasteiger partial charge on any atom is -0.387 e. The van der Waals surface area contributed by atoms with Gasteiger partial charge in [-0.05, 0) is 42.9 Å². The molecule has 0 radical (unpaired) electrons. The average Bonchev–Trinajstić information content (AvgIpc) is 3.12. The lowest BCUT2D eigenvalue weighted by atomic mass is 9.70. The lowest BCUT2D eigenvalue weighted by Crippen LogP contribution is -2.50. The van der Waals surface area contributed by atoms with E-state index in [1.54, 1.807) is 11.0 Å². The highest BCUT2D eigenvalue weighted by Gasteiger charge is 2.56. The number of rotatable bonds is 5. The first kappa shape index (κ1) is 16.7. The van der Waals surface area contributed by atoms with E-state index in [2.05, 4.69) is 17.0 Å². The quantitative estimate of drug-likeness (QED) is 0.836. The highest BCUT2D eigenvalue weighted by molar-refractivity contribution is 6.30. The van der Waals surface area contributed by atoms with Gasteiger partial charge in [0.15, 0.2) is 0 Å². The molecular formula is C17H21Cl2N3O. The van der Waals surface area contributed by atoms with Crippen LogP contribution in [0.4, 0.5) is 0 Å². The van der Waals surface area contributed by atoms with Gasteiger partial charge in [-0.25, -0.2) is 4.98 Å².